The summed E-state index contributed by atoms with van der Waals surface area (Å²) in [5, 5.41) is 0. The van der Waals surface area contributed by atoms with Gasteiger partial charge >= 0.3 is 15.3 Å². The fourth-order valence-corrected chi connectivity index (χ4v) is 3.67. The van der Waals surface area contributed by atoms with E-state index < -0.39 is 15.3 Å². The Bertz CT molecular complexity index is 254. The quantitative estimate of drug-likeness (QED) is 0.352. The summed E-state index contributed by atoms with van der Waals surface area (Å²) < 4.78 is 17.0. The molecule has 0 aliphatic carbocycles. The predicted octanol–water partition coefficient (Wildman–Crippen LogP) is 2.60. The van der Waals surface area contributed by atoms with Crippen molar-refractivity contribution in [3.63, 3.8) is 0 Å². The molecule has 0 aromatic heterocycles. The zero-order valence-electron chi connectivity index (χ0n) is 12.8. The van der Waals surface area contributed by atoms with E-state index in [-0.39, 0.29) is 5.73 Å². The van der Waals surface area contributed by atoms with Crippen LogP contribution in [-0.2, 0) is 18.4 Å². The van der Waals surface area contributed by atoms with E-state index in [1.165, 1.54) is 6.08 Å². The Labute approximate surface area is 119 Å². The molecule has 0 spiro atoms. The van der Waals surface area contributed by atoms with Crippen molar-refractivity contribution in [2.75, 3.05) is 13.2 Å². The molecule has 0 aliphatic rings. The summed E-state index contributed by atoms with van der Waals surface area (Å²) in [5.74, 6) is 0.459. The maximum Gasteiger partial charge on any atom is 0.363 e. The summed E-state index contributed by atoms with van der Waals surface area (Å²) >= 11 is 0. The first-order valence-electron chi connectivity index (χ1n) is 6.96. The van der Waals surface area contributed by atoms with Gasteiger partial charge in [0, 0.05) is 19.3 Å². The molecule has 0 bridgehead atoms. The summed E-state index contributed by atoms with van der Waals surface area (Å²) in [6.07, 6.45) is 1.88. The van der Waals surface area contributed by atoms with Crippen molar-refractivity contribution in [2.45, 2.75) is 46.8 Å². The first kappa shape index (κ1) is 18.3. The van der Waals surface area contributed by atoms with Crippen molar-refractivity contribution in [1.29, 1.82) is 0 Å². The number of rotatable bonds is 10. The van der Waals surface area contributed by atoms with Gasteiger partial charge in [0.25, 0.3) is 0 Å². The molecule has 0 amide bonds. The number of carbonyl (C=O) groups is 1. The van der Waals surface area contributed by atoms with Crippen molar-refractivity contribution in [2.24, 2.45) is 11.8 Å². The molecule has 0 rings (SSSR count). The normalized spacial score (nSPS) is 13.1. The van der Waals surface area contributed by atoms with Gasteiger partial charge < -0.3 is 13.6 Å². The molecule has 0 radical (unpaired) electrons. The van der Waals surface area contributed by atoms with E-state index in [1.54, 1.807) is 0 Å². The Balaban J connectivity index is 4.54. The Morgan fingerprint density at radius 1 is 1.16 bits per heavy atom. The van der Waals surface area contributed by atoms with Gasteiger partial charge in [0.05, 0.1) is 0 Å². The SMILES string of the molecule is C=CC(=O)OC(CC)[SiH](OCC(C)C)OCC(C)C. The maximum absolute atomic E-state index is 11.3. The highest BCUT2D eigenvalue weighted by Crippen LogP contribution is 2.10. The standard InChI is InChI=1S/C14H28O4Si/c1-7-13(15)18-14(8-2)19(16-9-11(3)4)17-10-12(5)6/h7,11-12,14,19H,1,8-10H2,2-6H3. The van der Waals surface area contributed by atoms with Crippen LogP contribution in [0.15, 0.2) is 12.7 Å². The Hall–Kier alpha value is -0.653. The third kappa shape index (κ3) is 8.97. The molecular formula is C14H28O4Si. The van der Waals surface area contributed by atoms with E-state index in [1.807, 2.05) is 6.92 Å². The average molecular weight is 288 g/mol. The second-order valence-corrected chi connectivity index (χ2v) is 7.56. The lowest BCUT2D eigenvalue weighted by molar-refractivity contribution is -0.141. The maximum atomic E-state index is 11.3. The van der Waals surface area contributed by atoms with E-state index in [0.29, 0.717) is 31.5 Å². The lowest BCUT2D eigenvalue weighted by atomic mass is 10.2. The van der Waals surface area contributed by atoms with Crippen molar-refractivity contribution in [1.82, 2.24) is 0 Å². The number of hydrogen-bond donors (Lipinski definition) is 0. The molecule has 1 atom stereocenters. The molecule has 19 heavy (non-hydrogen) atoms. The van der Waals surface area contributed by atoms with Crippen LogP contribution in [0.1, 0.15) is 41.0 Å². The van der Waals surface area contributed by atoms with Crippen LogP contribution in [-0.4, -0.2) is 34.2 Å². The van der Waals surface area contributed by atoms with Crippen molar-refractivity contribution < 1.29 is 18.4 Å². The molecule has 0 aromatic carbocycles. The number of hydrogen-bond acceptors (Lipinski definition) is 4. The molecule has 0 aliphatic heterocycles. The summed E-state index contributed by atoms with van der Waals surface area (Å²) in [6.45, 7) is 15.0. The highest BCUT2D eigenvalue weighted by Gasteiger charge is 2.28. The Morgan fingerprint density at radius 3 is 1.95 bits per heavy atom. The van der Waals surface area contributed by atoms with Crippen LogP contribution in [0.25, 0.3) is 0 Å². The zero-order valence-corrected chi connectivity index (χ0v) is 14.0. The smallest absolute Gasteiger partial charge is 0.363 e. The third-order valence-corrected chi connectivity index (χ3v) is 4.58. The van der Waals surface area contributed by atoms with Crippen molar-refractivity contribution in [3.05, 3.63) is 12.7 Å². The first-order chi connectivity index (χ1) is 8.90. The highest BCUT2D eigenvalue weighted by atomic mass is 28.3. The minimum atomic E-state index is -2.02. The second kappa shape index (κ2) is 10.2. The average Bonchev–Trinajstić information content (AvgIpc) is 2.35. The minimum Gasteiger partial charge on any atom is -0.458 e. The van der Waals surface area contributed by atoms with Crippen molar-refractivity contribution in [3.8, 4) is 0 Å². The van der Waals surface area contributed by atoms with E-state index >= 15 is 0 Å². The molecular weight excluding hydrogens is 260 g/mol. The summed E-state index contributed by atoms with van der Waals surface area (Å²) in [7, 11) is -2.02. The Morgan fingerprint density at radius 2 is 1.63 bits per heavy atom. The molecule has 112 valence electrons. The molecule has 4 nitrogen and oxygen atoms in total. The number of ether oxygens (including phenoxy) is 1. The van der Waals surface area contributed by atoms with Gasteiger partial charge in [-0.15, -0.1) is 0 Å². The van der Waals surface area contributed by atoms with Crippen LogP contribution in [0.4, 0.5) is 0 Å². The summed E-state index contributed by atoms with van der Waals surface area (Å²) in [4.78, 5) is 11.3. The van der Waals surface area contributed by atoms with Crippen LogP contribution < -0.4 is 0 Å². The highest BCUT2D eigenvalue weighted by molar-refractivity contribution is 6.46. The van der Waals surface area contributed by atoms with Crippen molar-refractivity contribution >= 4 is 15.3 Å². The van der Waals surface area contributed by atoms with Gasteiger partial charge in [-0.05, 0) is 18.3 Å². The zero-order chi connectivity index (χ0) is 14.8. The molecule has 1 unspecified atom stereocenters. The molecule has 0 heterocycles. The lowest BCUT2D eigenvalue weighted by Crippen LogP contribution is -2.41. The topological polar surface area (TPSA) is 44.8 Å². The van der Waals surface area contributed by atoms with Crippen LogP contribution >= 0.6 is 0 Å². The summed E-state index contributed by atoms with van der Waals surface area (Å²) in [6, 6.07) is 0. The number of esters is 1. The fourth-order valence-electron chi connectivity index (χ4n) is 1.37. The van der Waals surface area contributed by atoms with Gasteiger partial charge in [-0.3, -0.25) is 0 Å². The molecule has 0 N–H and O–H groups in total. The lowest BCUT2D eigenvalue weighted by Gasteiger charge is -2.25. The minimum absolute atomic E-state index is 0.261. The van der Waals surface area contributed by atoms with E-state index in [9.17, 15) is 4.79 Å². The first-order valence-corrected chi connectivity index (χ1v) is 8.57. The predicted molar refractivity (Wildman–Crippen MR) is 79.1 cm³/mol. The molecule has 0 saturated heterocycles. The van der Waals surface area contributed by atoms with Gasteiger partial charge in [-0.2, -0.15) is 0 Å². The van der Waals surface area contributed by atoms with Crippen LogP contribution in [0.3, 0.4) is 0 Å². The monoisotopic (exact) mass is 288 g/mol. The molecule has 0 fully saturated rings. The van der Waals surface area contributed by atoms with Gasteiger partial charge in [0.1, 0.15) is 5.73 Å². The van der Waals surface area contributed by atoms with Gasteiger partial charge in [-0.1, -0.05) is 41.2 Å². The van der Waals surface area contributed by atoms with E-state index in [4.69, 9.17) is 13.6 Å². The van der Waals surface area contributed by atoms with E-state index in [2.05, 4.69) is 34.3 Å². The van der Waals surface area contributed by atoms with Gasteiger partial charge in [0.15, 0.2) is 0 Å². The van der Waals surface area contributed by atoms with Crippen LogP contribution in [0.2, 0.25) is 0 Å². The van der Waals surface area contributed by atoms with Crippen LogP contribution in [0.5, 0.6) is 0 Å². The molecule has 5 heteroatoms. The second-order valence-electron chi connectivity index (χ2n) is 5.41. The molecule has 0 aromatic rings. The third-order valence-electron chi connectivity index (χ3n) is 2.33. The summed E-state index contributed by atoms with van der Waals surface area (Å²) in [5.41, 5.74) is -0.261. The van der Waals surface area contributed by atoms with Gasteiger partial charge in [0.2, 0.25) is 0 Å². The Kier molecular flexibility index (Phi) is 9.82. The van der Waals surface area contributed by atoms with E-state index in [0.717, 1.165) is 0 Å². The number of carbonyl (C=O) groups excluding carboxylic acids is 1. The largest absolute Gasteiger partial charge is 0.458 e. The van der Waals surface area contributed by atoms with Gasteiger partial charge in [-0.25, -0.2) is 4.79 Å². The fraction of sp³-hybridized carbons (Fsp3) is 0.786. The molecule has 0 saturated carbocycles. The van der Waals surface area contributed by atoms with Crippen LogP contribution in [0, 0.1) is 11.8 Å².